The Morgan fingerprint density at radius 3 is 3.00 bits per heavy atom. The van der Waals surface area contributed by atoms with Crippen molar-refractivity contribution in [1.29, 1.82) is 0 Å². The average molecular weight is 174 g/mol. The standard InChI is InChI=1S/C8H18N2S/c1-7-5-8(6-11-7)10-4-2-3-9/h7-8,10H,2-6,9H2,1H3. The van der Waals surface area contributed by atoms with Gasteiger partial charge >= 0.3 is 0 Å². The first-order valence-corrected chi connectivity index (χ1v) is 5.43. The topological polar surface area (TPSA) is 38.0 Å². The lowest BCUT2D eigenvalue weighted by Gasteiger charge is -2.09. The summed E-state index contributed by atoms with van der Waals surface area (Å²) in [5.41, 5.74) is 5.40. The van der Waals surface area contributed by atoms with Crippen molar-refractivity contribution in [2.45, 2.75) is 31.1 Å². The van der Waals surface area contributed by atoms with Gasteiger partial charge in [0.25, 0.3) is 0 Å². The SMILES string of the molecule is CC1CC(NCCCN)CS1. The van der Waals surface area contributed by atoms with E-state index in [1.165, 1.54) is 12.2 Å². The van der Waals surface area contributed by atoms with Gasteiger partial charge < -0.3 is 11.1 Å². The molecule has 0 amide bonds. The summed E-state index contributed by atoms with van der Waals surface area (Å²) in [4.78, 5) is 0. The highest BCUT2D eigenvalue weighted by Gasteiger charge is 2.20. The molecule has 0 saturated carbocycles. The fourth-order valence-corrected chi connectivity index (χ4v) is 2.55. The number of hydrogen-bond acceptors (Lipinski definition) is 3. The predicted octanol–water partition coefficient (Wildman–Crippen LogP) is 0.819. The van der Waals surface area contributed by atoms with Gasteiger partial charge in [0.1, 0.15) is 0 Å². The number of thioether (sulfide) groups is 1. The second-order valence-corrected chi connectivity index (χ2v) is 4.64. The quantitative estimate of drug-likeness (QED) is 0.620. The Morgan fingerprint density at radius 2 is 2.45 bits per heavy atom. The van der Waals surface area contributed by atoms with Crippen molar-refractivity contribution in [2.24, 2.45) is 5.73 Å². The van der Waals surface area contributed by atoms with Gasteiger partial charge in [0, 0.05) is 17.0 Å². The molecule has 0 bridgehead atoms. The van der Waals surface area contributed by atoms with E-state index in [4.69, 9.17) is 5.73 Å². The van der Waals surface area contributed by atoms with Crippen LogP contribution >= 0.6 is 11.8 Å². The molecule has 0 radical (unpaired) electrons. The van der Waals surface area contributed by atoms with Gasteiger partial charge in [0.2, 0.25) is 0 Å². The Hall–Kier alpha value is 0.270. The minimum Gasteiger partial charge on any atom is -0.330 e. The fourth-order valence-electron chi connectivity index (χ4n) is 1.37. The molecule has 2 unspecified atom stereocenters. The van der Waals surface area contributed by atoms with Crippen molar-refractivity contribution < 1.29 is 0 Å². The highest BCUT2D eigenvalue weighted by molar-refractivity contribution is 8.00. The van der Waals surface area contributed by atoms with E-state index in [-0.39, 0.29) is 0 Å². The summed E-state index contributed by atoms with van der Waals surface area (Å²) in [5.74, 6) is 1.28. The summed E-state index contributed by atoms with van der Waals surface area (Å²) in [6.45, 7) is 4.20. The Kier molecular flexibility index (Phi) is 4.26. The average Bonchev–Trinajstić information content (AvgIpc) is 2.37. The van der Waals surface area contributed by atoms with Gasteiger partial charge in [-0.1, -0.05) is 6.92 Å². The lowest BCUT2D eigenvalue weighted by Crippen LogP contribution is -2.30. The molecule has 1 aliphatic heterocycles. The Balaban J connectivity index is 1.99. The molecule has 1 aliphatic rings. The largest absolute Gasteiger partial charge is 0.330 e. The van der Waals surface area contributed by atoms with Crippen LogP contribution in [0.25, 0.3) is 0 Å². The summed E-state index contributed by atoms with van der Waals surface area (Å²) in [6, 6.07) is 0.751. The van der Waals surface area contributed by atoms with Crippen LogP contribution in [0, 0.1) is 0 Å². The second-order valence-electron chi connectivity index (χ2n) is 3.17. The van der Waals surface area contributed by atoms with Crippen LogP contribution in [0.4, 0.5) is 0 Å². The van der Waals surface area contributed by atoms with Gasteiger partial charge in [-0.3, -0.25) is 0 Å². The molecular weight excluding hydrogens is 156 g/mol. The number of hydrogen-bond donors (Lipinski definition) is 2. The number of rotatable bonds is 4. The molecule has 0 aromatic rings. The lowest BCUT2D eigenvalue weighted by atomic mass is 10.2. The highest BCUT2D eigenvalue weighted by atomic mass is 32.2. The first-order valence-electron chi connectivity index (χ1n) is 4.38. The molecule has 2 nitrogen and oxygen atoms in total. The molecule has 0 aromatic carbocycles. The zero-order valence-electron chi connectivity index (χ0n) is 7.18. The van der Waals surface area contributed by atoms with Crippen LogP contribution in [-0.4, -0.2) is 30.1 Å². The smallest absolute Gasteiger partial charge is 0.0168 e. The van der Waals surface area contributed by atoms with Crippen LogP contribution in [0.2, 0.25) is 0 Å². The van der Waals surface area contributed by atoms with Crippen LogP contribution in [-0.2, 0) is 0 Å². The molecule has 1 fully saturated rings. The zero-order valence-corrected chi connectivity index (χ0v) is 7.99. The molecule has 0 spiro atoms. The fraction of sp³-hybridized carbons (Fsp3) is 1.00. The predicted molar refractivity (Wildman–Crippen MR) is 52.0 cm³/mol. The summed E-state index contributed by atoms with van der Waals surface area (Å²) in [5, 5.41) is 4.36. The van der Waals surface area contributed by atoms with E-state index in [9.17, 15) is 0 Å². The minimum absolute atomic E-state index is 0.751. The second kappa shape index (κ2) is 5.01. The Morgan fingerprint density at radius 1 is 1.64 bits per heavy atom. The van der Waals surface area contributed by atoms with Crippen LogP contribution < -0.4 is 11.1 Å². The van der Waals surface area contributed by atoms with Gasteiger partial charge in [-0.25, -0.2) is 0 Å². The molecule has 3 heteroatoms. The van der Waals surface area contributed by atoms with Crippen molar-refractivity contribution in [3.63, 3.8) is 0 Å². The van der Waals surface area contributed by atoms with Gasteiger partial charge in [-0.2, -0.15) is 11.8 Å². The monoisotopic (exact) mass is 174 g/mol. The van der Waals surface area contributed by atoms with Crippen LogP contribution in [0.15, 0.2) is 0 Å². The van der Waals surface area contributed by atoms with Crippen molar-refractivity contribution >= 4 is 11.8 Å². The van der Waals surface area contributed by atoms with E-state index < -0.39 is 0 Å². The van der Waals surface area contributed by atoms with E-state index in [0.717, 1.165) is 30.8 Å². The van der Waals surface area contributed by atoms with E-state index >= 15 is 0 Å². The van der Waals surface area contributed by atoms with Gasteiger partial charge in [-0.05, 0) is 25.9 Å². The Bertz CT molecular complexity index is 108. The normalized spacial score (nSPS) is 31.1. The van der Waals surface area contributed by atoms with Crippen LogP contribution in [0.1, 0.15) is 19.8 Å². The van der Waals surface area contributed by atoms with E-state index in [2.05, 4.69) is 24.0 Å². The van der Waals surface area contributed by atoms with Crippen molar-refractivity contribution in [2.75, 3.05) is 18.8 Å². The molecule has 2 atom stereocenters. The molecule has 3 N–H and O–H groups in total. The summed E-state index contributed by atoms with van der Waals surface area (Å²) in [7, 11) is 0. The highest BCUT2D eigenvalue weighted by Crippen LogP contribution is 2.25. The molecule has 11 heavy (non-hydrogen) atoms. The maximum atomic E-state index is 5.40. The van der Waals surface area contributed by atoms with Crippen LogP contribution in [0.3, 0.4) is 0 Å². The van der Waals surface area contributed by atoms with Crippen molar-refractivity contribution in [1.82, 2.24) is 5.32 Å². The van der Waals surface area contributed by atoms with Crippen molar-refractivity contribution in [3.8, 4) is 0 Å². The summed E-state index contributed by atoms with van der Waals surface area (Å²) in [6.07, 6.45) is 2.44. The third-order valence-electron chi connectivity index (χ3n) is 2.01. The van der Waals surface area contributed by atoms with Gasteiger partial charge in [0.05, 0.1) is 0 Å². The number of nitrogens with one attached hydrogen (secondary N) is 1. The van der Waals surface area contributed by atoms with E-state index in [1.807, 2.05) is 0 Å². The summed E-state index contributed by atoms with van der Waals surface area (Å²) < 4.78 is 0. The molecular formula is C8H18N2S. The zero-order chi connectivity index (χ0) is 8.10. The third kappa shape index (κ3) is 3.45. The summed E-state index contributed by atoms with van der Waals surface area (Å²) >= 11 is 2.07. The molecule has 1 rings (SSSR count). The van der Waals surface area contributed by atoms with Gasteiger partial charge in [0.15, 0.2) is 0 Å². The van der Waals surface area contributed by atoms with Crippen LogP contribution in [0.5, 0.6) is 0 Å². The molecule has 0 aliphatic carbocycles. The van der Waals surface area contributed by atoms with E-state index in [1.54, 1.807) is 0 Å². The molecule has 66 valence electrons. The molecule has 0 aromatic heterocycles. The maximum Gasteiger partial charge on any atom is 0.0168 e. The van der Waals surface area contributed by atoms with Gasteiger partial charge in [-0.15, -0.1) is 0 Å². The first-order chi connectivity index (χ1) is 5.33. The number of nitrogens with two attached hydrogens (primary N) is 1. The maximum absolute atomic E-state index is 5.40. The first kappa shape index (κ1) is 9.36. The lowest BCUT2D eigenvalue weighted by molar-refractivity contribution is 0.531. The van der Waals surface area contributed by atoms with E-state index in [0.29, 0.717) is 0 Å². The Labute approximate surface area is 73.3 Å². The van der Waals surface area contributed by atoms with Crippen molar-refractivity contribution in [3.05, 3.63) is 0 Å². The molecule has 1 saturated heterocycles. The molecule has 1 heterocycles. The minimum atomic E-state index is 0.751. The third-order valence-corrected chi connectivity index (χ3v) is 3.37.